The Morgan fingerprint density at radius 3 is 2.57 bits per heavy atom. The summed E-state index contributed by atoms with van der Waals surface area (Å²) in [4.78, 5) is 0. The Labute approximate surface area is 81.7 Å². The molecule has 1 aromatic carbocycles. The molecule has 2 nitrogen and oxygen atoms in total. The predicted octanol–water partition coefficient (Wildman–Crippen LogP) is 1.86. The monoisotopic (exact) mass is 201 g/mol. The van der Waals surface area contributed by atoms with Crippen molar-refractivity contribution in [2.24, 2.45) is 5.73 Å². The molecule has 0 spiro atoms. The lowest BCUT2D eigenvalue weighted by molar-refractivity contribution is 0.396. The van der Waals surface area contributed by atoms with Crippen LogP contribution in [0.25, 0.3) is 0 Å². The number of methoxy groups -OCH3 is 1. The number of halogens is 2. The summed E-state index contributed by atoms with van der Waals surface area (Å²) in [5.74, 6) is -1.41. The quantitative estimate of drug-likeness (QED) is 0.810. The maximum absolute atomic E-state index is 13.3. The summed E-state index contributed by atoms with van der Waals surface area (Å²) in [7, 11) is 1.41. The normalized spacial score (nSPS) is 12.6. The molecule has 4 heteroatoms. The third-order valence-corrected chi connectivity index (χ3v) is 1.90. The van der Waals surface area contributed by atoms with Crippen molar-refractivity contribution < 1.29 is 13.5 Å². The Morgan fingerprint density at radius 2 is 2.07 bits per heavy atom. The van der Waals surface area contributed by atoms with Crippen molar-refractivity contribution in [3.63, 3.8) is 0 Å². The van der Waals surface area contributed by atoms with Crippen molar-refractivity contribution >= 4 is 0 Å². The Morgan fingerprint density at radius 1 is 1.43 bits per heavy atom. The smallest absolute Gasteiger partial charge is 0.165 e. The minimum Gasteiger partial charge on any atom is -0.496 e. The Balaban J connectivity index is 3.14. The zero-order valence-corrected chi connectivity index (χ0v) is 8.18. The van der Waals surface area contributed by atoms with Gasteiger partial charge in [0.15, 0.2) is 11.6 Å². The van der Waals surface area contributed by atoms with Gasteiger partial charge in [0.1, 0.15) is 5.75 Å². The van der Waals surface area contributed by atoms with Gasteiger partial charge < -0.3 is 10.5 Å². The maximum Gasteiger partial charge on any atom is 0.165 e. The van der Waals surface area contributed by atoms with E-state index in [0.29, 0.717) is 5.75 Å². The van der Waals surface area contributed by atoms with Crippen LogP contribution in [0, 0.1) is 11.6 Å². The van der Waals surface area contributed by atoms with Gasteiger partial charge in [0.05, 0.1) is 7.11 Å². The largest absolute Gasteiger partial charge is 0.496 e. The van der Waals surface area contributed by atoms with Gasteiger partial charge in [0.2, 0.25) is 0 Å². The Hall–Kier alpha value is -1.16. The second-order valence-electron chi connectivity index (χ2n) is 3.22. The molecule has 1 rings (SSSR count). The van der Waals surface area contributed by atoms with Crippen molar-refractivity contribution in [3.8, 4) is 5.75 Å². The fourth-order valence-corrected chi connectivity index (χ4v) is 1.28. The van der Waals surface area contributed by atoms with Crippen LogP contribution in [0.3, 0.4) is 0 Å². The molecule has 0 amide bonds. The SMILES string of the molecule is COc1ccc(F)c(F)c1CC(C)N. The highest BCUT2D eigenvalue weighted by Crippen LogP contribution is 2.24. The van der Waals surface area contributed by atoms with E-state index in [1.807, 2.05) is 0 Å². The highest BCUT2D eigenvalue weighted by atomic mass is 19.2. The zero-order valence-electron chi connectivity index (χ0n) is 8.18. The molecule has 0 aromatic heterocycles. The van der Waals surface area contributed by atoms with Crippen molar-refractivity contribution in [3.05, 3.63) is 29.3 Å². The van der Waals surface area contributed by atoms with E-state index >= 15 is 0 Å². The van der Waals surface area contributed by atoms with Crippen LogP contribution in [0.4, 0.5) is 8.78 Å². The molecule has 0 saturated carbocycles. The van der Waals surface area contributed by atoms with E-state index in [9.17, 15) is 8.78 Å². The standard InChI is InChI=1S/C10H13F2NO/c1-6(13)5-7-9(14-2)4-3-8(11)10(7)12/h3-4,6H,5,13H2,1-2H3. The van der Waals surface area contributed by atoms with Crippen molar-refractivity contribution in [2.75, 3.05) is 7.11 Å². The number of hydrogen-bond acceptors (Lipinski definition) is 2. The van der Waals surface area contributed by atoms with E-state index in [4.69, 9.17) is 10.5 Å². The molecule has 2 N–H and O–H groups in total. The van der Waals surface area contributed by atoms with Gasteiger partial charge in [0, 0.05) is 11.6 Å². The molecular weight excluding hydrogens is 188 g/mol. The van der Waals surface area contributed by atoms with Crippen LogP contribution in [0.2, 0.25) is 0 Å². The van der Waals surface area contributed by atoms with Gasteiger partial charge in [-0.15, -0.1) is 0 Å². The van der Waals surface area contributed by atoms with Crippen LogP contribution in [-0.2, 0) is 6.42 Å². The summed E-state index contributed by atoms with van der Waals surface area (Å²) in [5, 5.41) is 0. The Bertz CT molecular complexity index is 326. The molecule has 0 bridgehead atoms. The molecule has 0 heterocycles. The number of ether oxygens (including phenoxy) is 1. The van der Waals surface area contributed by atoms with Gasteiger partial charge >= 0.3 is 0 Å². The summed E-state index contributed by atoms with van der Waals surface area (Å²) in [6.07, 6.45) is 0.257. The summed E-state index contributed by atoms with van der Waals surface area (Å²) in [5.41, 5.74) is 5.72. The van der Waals surface area contributed by atoms with Crippen LogP contribution in [0.1, 0.15) is 12.5 Å². The second kappa shape index (κ2) is 4.37. The number of nitrogens with two attached hydrogens (primary N) is 1. The number of benzene rings is 1. The van der Waals surface area contributed by atoms with Crippen molar-refractivity contribution in [2.45, 2.75) is 19.4 Å². The number of rotatable bonds is 3. The molecular formula is C10H13F2NO. The summed E-state index contributed by atoms with van der Waals surface area (Å²) in [6.45, 7) is 1.73. The van der Waals surface area contributed by atoms with Gasteiger partial charge in [-0.25, -0.2) is 8.78 Å². The lowest BCUT2D eigenvalue weighted by Gasteiger charge is -2.11. The third kappa shape index (κ3) is 2.20. The molecule has 1 aromatic rings. The van der Waals surface area contributed by atoms with E-state index in [1.54, 1.807) is 6.92 Å². The lowest BCUT2D eigenvalue weighted by Crippen LogP contribution is -2.19. The van der Waals surface area contributed by atoms with Crippen LogP contribution >= 0.6 is 0 Å². The number of hydrogen-bond donors (Lipinski definition) is 1. The molecule has 1 atom stereocenters. The van der Waals surface area contributed by atoms with E-state index in [1.165, 1.54) is 13.2 Å². The molecule has 0 fully saturated rings. The lowest BCUT2D eigenvalue weighted by atomic mass is 10.1. The first-order chi connectivity index (χ1) is 6.56. The van der Waals surface area contributed by atoms with Gasteiger partial charge in [-0.05, 0) is 25.5 Å². The average molecular weight is 201 g/mol. The third-order valence-electron chi connectivity index (χ3n) is 1.90. The molecule has 0 aliphatic heterocycles. The highest BCUT2D eigenvalue weighted by molar-refractivity contribution is 5.35. The van der Waals surface area contributed by atoms with Crippen LogP contribution < -0.4 is 10.5 Å². The first-order valence-corrected chi connectivity index (χ1v) is 4.32. The van der Waals surface area contributed by atoms with E-state index in [2.05, 4.69) is 0 Å². The molecule has 14 heavy (non-hydrogen) atoms. The van der Waals surface area contributed by atoms with Crippen molar-refractivity contribution in [1.29, 1.82) is 0 Å². The van der Waals surface area contributed by atoms with E-state index in [0.717, 1.165) is 6.07 Å². The average Bonchev–Trinajstić information content (AvgIpc) is 2.13. The minimum absolute atomic E-state index is 0.197. The van der Waals surface area contributed by atoms with Gasteiger partial charge in [0.25, 0.3) is 0 Å². The fraction of sp³-hybridized carbons (Fsp3) is 0.400. The van der Waals surface area contributed by atoms with E-state index in [-0.39, 0.29) is 18.0 Å². The maximum atomic E-state index is 13.3. The second-order valence-corrected chi connectivity index (χ2v) is 3.22. The zero-order chi connectivity index (χ0) is 10.7. The van der Waals surface area contributed by atoms with Crippen molar-refractivity contribution in [1.82, 2.24) is 0 Å². The first-order valence-electron chi connectivity index (χ1n) is 4.32. The summed E-state index contributed by atoms with van der Waals surface area (Å²) in [6, 6.07) is 2.20. The van der Waals surface area contributed by atoms with Crippen LogP contribution in [0.5, 0.6) is 5.75 Å². The predicted molar refractivity (Wildman–Crippen MR) is 50.3 cm³/mol. The van der Waals surface area contributed by atoms with Crippen LogP contribution in [0.15, 0.2) is 12.1 Å². The molecule has 0 aliphatic carbocycles. The molecule has 78 valence electrons. The van der Waals surface area contributed by atoms with E-state index < -0.39 is 11.6 Å². The highest BCUT2D eigenvalue weighted by Gasteiger charge is 2.15. The van der Waals surface area contributed by atoms with Crippen LogP contribution in [-0.4, -0.2) is 13.2 Å². The summed E-state index contributed by atoms with van der Waals surface area (Å²) >= 11 is 0. The Kier molecular flexibility index (Phi) is 3.41. The van der Waals surface area contributed by atoms with Gasteiger partial charge in [-0.2, -0.15) is 0 Å². The summed E-state index contributed by atoms with van der Waals surface area (Å²) < 4.78 is 31.1. The molecule has 0 saturated heterocycles. The first kappa shape index (κ1) is 10.9. The minimum atomic E-state index is -0.874. The topological polar surface area (TPSA) is 35.2 Å². The molecule has 0 aliphatic rings. The molecule has 0 radical (unpaired) electrons. The van der Waals surface area contributed by atoms with Gasteiger partial charge in [-0.3, -0.25) is 0 Å². The fourth-order valence-electron chi connectivity index (χ4n) is 1.28. The van der Waals surface area contributed by atoms with Gasteiger partial charge in [-0.1, -0.05) is 0 Å². The molecule has 1 unspecified atom stereocenters.